The van der Waals surface area contributed by atoms with Crippen LogP contribution in [-0.4, -0.2) is 22.5 Å². The largest absolute Gasteiger partial charge is 0.307 e. The zero-order valence-electron chi connectivity index (χ0n) is 9.45. The predicted molar refractivity (Wildman–Crippen MR) is 71.3 cm³/mol. The molecule has 0 radical (unpaired) electrons. The second kappa shape index (κ2) is 5.07. The summed E-state index contributed by atoms with van der Waals surface area (Å²) >= 11 is 3.90. The summed E-state index contributed by atoms with van der Waals surface area (Å²) in [6.45, 7) is 0.975. The number of hydrogen-bond donors (Lipinski definition) is 1. The van der Waals surface area contributed by atoms with Crippen molar-refractivity contribution in [3.8, 4) is 0 Å². The topological polar surface area (TPSA) is 24.9 Å². The minimum absolute atomic E-state index is 0.715. The second-order valence-corrected chi connectivity index (χ2v) is 6.83. The molecule has 1 aromatic rings. The number of thioether (sulfide) groups is 1. The van der Waals surface area contributed by atoms with Gasteiger partial charge in [-0.05, 0) is 31.4 Å². The molecule has 0 amide bonds. The van der Waals surface area contributed by atoms with E-state index in [9.17, 15) is 0 Å². The van der Waals surface area contributed by atoms with Crippen LogP contribution in [0.4, 0.5) is 0 Å². The molecule has 1 saturated heterocycles. The van der Waals surface area contributed by atoms with Gasteiger partial charge in [-0.15, -0.1) is 11.3 Å². The van der Waals surface area contributed by atoms with Gasteiger partial charge in [0.1, 0.15) is 5.01 Å². The van der Waals surface area contributed by atoms with Crippen LogP contribution in [0.5, 0.6) is 0 Å². The normalized spacial score (nSPS) is 25.9. The lowest BCUT2D eigenvalue weighted by molar-refractivity contribution is 0.506. The van der Waals surface area contributed by atoms with Gasteiger partial charge in [-0.2, -0.15) is 11.8 Å². The molecule has 2 fully saturated rings. The van der Waals surface area contributed by atoms with E-state index in [1.807, 2.05) is 11.3 Å². The fourth-order valence-electron chi connectivity index (χ4n) is 2.11. The molecule has 1 saturated carbocycles. The summed E-state index contributed by atoms with van der Waals surface area (Å²) in [7, 11) is 0. The van der Waals surface area contributed by atoms with Gasteiger partial charge in [0.2, 0.25) is 0 Å². The first kappa shape index (κ1) is 11.1. The van der Waals surface area contributed by atoms with E-state index in [1.54, 1.807) is 0 Å². The molecule has 1 aromatic heterocycles. The Morgan fingerprint density at radius 3 is 3.06 bits per heavy atom. The van der Waals surface area contributed by atoms with Crippen molar-refractivity contribution in [1.29, 1.82) is 0 Å². The zero-order chi connectivity index (χ0) is 10.8. The van der Waals surface area contributed by atoms with Crippen LogP contribution in [0.3, 0.4) is 0 Å². The molecule has 1 N–H and O–H groups in total. The molecule has 1 aliphatic heterocycles. The summed E-state index contributed by atoms with van der Waals surface area (Å²) in [5.74, 6) is 3.43. The van der Waals surface area contributed by atoms with E-state index >= 15 is 0 Å². The maximum absolute atomic E-state index is 4.71. The number of aromatic nitrogens is 1. The van der Waals surface area contributed by atoms with Crippen molar-refractivity contribution in [2.24, 2.45) is 0 Å². The average molecular weight is 254 g/mol. The molecule has 1 aliphatic carbocycles. The van der Waals surface area contributed by atoms with Crippen LogP contribution in [0.1, 0.15) is 42.3 Å². The molecule has 3 rings (SSSR count). The van der Waals surface area contributed by atoms with E-state index in [2.05, 4.69) is 22.5 Å². The molecule has 2 aliphatic rings. The Hall–Kier alpha value is -0.0600. The highest BCUT2D eigenvalue weighted by molar-refractivity contribution is 7.99. The molecule has 2 nitrogen and oxygen atoms in total. The maximum Gasteiger partial charge on any atom is 0.107 e. The summed E-state index contributed by atoms with van der Waals surface area (Å²) in [6, 6.07) is 0.715. The van der Waals surface area contributed by atoms with Crippen molar-refractivity contribution >= 4 is 23.1 Å². The lowest BCUT2D eigenvalue weighted by atomic mass is 10.2. The molecular formula is C12H18N2S2. The van der Waals surface area contributed by atoms with Crippen LogP contribution in [-0.2, 0) is 6.54 Å². The monoisotopic (exact) mass is 254 g/mol. The van der Waals surface area contributed by atoms with Gasteiger partial charge < -0.3 is 5.32 Å². The van der Waals surface area contributed by atoms with Crippen LogP contribution in [0.25, 0.3) is 0 Å². The highest BCUT2D eigenvalue weighted by Crippen LogP contribution is 2.40. The molecule has 1 unspecified atom stereocenters. The fourth-order valence-corrected chi connectivity index (χ4v) is 4.04. The standard InChI is InChI=1S/C12H18N2S2/c1-2-10(7-15-5-1)13-6-12-14-11(8-16-12)9-3-4-9/h8-10,13H,1-7H2. The summed E-state index contributed by atoms with van der Waals surface area (Å²) in [5, 5.41) is 7.17. The minimum atomic E-state index is 0.715. The number of thiazole rings is 1. The predicted octanol–water partition coefficient (Wildman–Crippen LogP) is 3.01. The van der Waals surface area contributed by atoms with Gasteiger partial charge in [-0.25, -0.2) is 4.98 Å². The second-order valence-electron chi connectivity index (χ2n) is 4.74. The maximum atomic E-state index is 4.71. The van der Waals surface area contributed by atoms with E-state index in [-0.39, 0.29) is 0 Å². The van der Waals surface area contributed by atoms with Gasteiger partial charge >= 0.3 is 0 Å². The lowest BCUT2D eigenvalue weighted by Gasteiger charge is -2.21. The van der Waals surface area contributed by atoms with Crippen LogP contribution in [0.2, 0.25) is 0 Å². The number of hydrogen-bond acceptors (Lipinski definition) is 4. The third-order valence-corrected chi connectivity index (χ3v) is 5.35. The van der Waals surface area contributed by atoms with Crippen LogP contribution in [0, 0.1) is 0 Å². The third kappa shape index (κ3) is 2.79. The van der Waals surface area contributed by atoms with Crippen LogP contribution in [0.15, 0.2) is 5.38 Å². The van der Waals surface area contributed by atoms with E-state index < -0.39 is 0 Å². The first-order chi connectivity index (χ1) is 7.92. The summed E-state index contributed by atoms with van der Waals surface area (Å²) in [4.78, 5) is 4.71. The average Bonchev–Trinajstić information content (AvgIpc) is 3.08. The Labute approximate surface area is 105 Å². The number of rotatable bonds is 4. The Balaban J connectivity index is 1.49. The first-order valence-corrected chi connectivity index (χ1v) is 8.20. The molecule has 2 heterocycles. The summed E-state index contributed by atoms with van der Waals surface area (Å²) in [5.41, 5.74) is 1.35. The Morgan fingerprint density at radius 2 is 2.31 bits per heavy atom. The molecule has 0 bridgehead atoms. The van der Waals surface area contributed by atoms with E-state index in [1.165, 1.54) is 47.9 Å². The van der Waals surface area contributed by atoms with Gasteiger partial charge in [0.15, 0.2) is 0 Å². The lowest BCUT2D eigenvalue weighted by Crippen LogP contribution is -2.33. The van der Waals surface area contributed by atoms with E-state index in [4.69, 9.17) is 4.98 Å². The summed E-state index contributed by atoms with van der Waals surface area (Å²) in [6.07, 6.45) is 5.42. The molecule has 16 heavy (non-hydrogen) atoms. The fraction of sp³-hybridized carbons (Fsp3) is 0.750. The van der Waals surface area contributed by atoms with E-state index in [0.717, 1.165) is 12.5 Å². The highest BCUT2D eigenvalue weighted by atomic mass is 32.2. The highest BCUT2D eigenvalue weighted by Gasteiger charge is 2.26. The van der Waals surface area contributed by atoms with Crippen molar-refractivity contribution in [2.75, 3.05) is 11.5 Å². The molecule has 1 atom stereocenters. The molecule has 4 heteroatoms. The zero-order valence-corrected chi connectivity index (χ0v) is 11.1. The Bertz CT molecular complexity index is 341. The first-order valence-electron chi connectivity index (χ1n) is 6.17. The van der Waals surface area contributed by atoms with Crippen molar-refractivity contribution < 1.29 is 0 Å². The molecule has 88 valence electrons. The van der Waals surface area contributed by atoms with E-state index in [0.29, 0.717) is 6.04 Å². The molecule has 0 aromatic carbocycles. The third-order valence-electron chi connectivity index (χ3n) is 3.27. The Morgan fingerprint density at radius 1 is 1.38 bits per heavy atom. The molecule has 0 spiro atoms. The van der Waals surface area contributed by atoms with Crippen molar-refractivity contribution in [3.63, 3.8) is 0 Å². The van der Waals surface area contributed by atoms with Gasteiger partial charge in [0, 0.05) is 29.6 Å². The number of nitrogens with one attached hydrogen (secondary N) is 1. The number of nitrogens with zero attached hydrogens (tertiary/aromatic N) is 1. The van der Waals surface area contributed by atoms with Gasteiger partial charge in [-0.3, -0.25) is 0 Å². The Kier molecular flexibility index (Phi) is 3.50. The quantitative estimate of drug-likeness (QED) is 0.894. The van der Waals surface area contributed by atoms with Crippen molar-refractivity contribution in [2.45, 2.75) is 44.2 Å². The van der Waals surface area contributed by atoms with Crippen LogP contribution < -0.4 is 5.32 Å². The van der Waals surface area contributed by atoms with Gasteiger partial charge in [0.25, 0.3) is 0 Å². The smallest absolute Gasteiger partial charge is 0.107 e. The van der Waals surface area contributed by atoms with Crippen molar-refractivity contribution in [3.05, 3.63) is 16.1 Å². The molecular weight excluding hydrogens is 236 g/mol. The van der Waals surface area contributed by atoms with Crippen LogP contribution >= 0.6 is 23.1 Å². The van der Waals surface area contributed by atoms with Crippen molar-refractivity contribution in [1.82, 2.24) is 10.3 Å². The van der Waals surface area contributed by atoms with Gasteiger partial charge in [0.05, 0.1) is 5.69 Å². The van der Waals surface area contributed by atoms with Gasteiger partial charge in [-0.1, -0.05) is 0 Å². The minimum Gasteiger partial charge on any atom is -0.307 e. The summed E-state index contributed by atoms with van der Waals surface area (Å²) < 4.78 is 0. The SMILES string of the molecule is c1sc(CNC2CCCSC2)nc1C1CC1.